The second-order valence-electron chi connectivity index (χ2n) is 4.52. The van der Waals surface area contributed by atoms with E-state index in [1.165, 1.54) is 18.3 Å². The van der Waals surface area contributed by atoms with Gasteiger partial charge in [0.05, 0.1) is 6.42 Å². The zero-order valence-electron chi connectivity index (χ0n) is 11.9. The molecule has 2 rings (SSSR count). The van der Waals surface area contributed by atoms with Crippen LogP contribution in [-0.2, 0) is 11.2 Å². The summed E-state index contributed by atoms with van der Waals surface area (Å²) in [5, 5.41) is 4.43. The minimum absolute atomic E-state index is 0.0446. The Labute approximate surface area is 131 Å². The van der Waals surface area contributed by atoms with Gasteiger partial charge in [0.1, 0.15) is 0 Å². The van der Waals surface area contributed by atoms with Gasteiger partial charge in [-0.3, -0.25) is 15.0 Å². The molecule has 0 aliphatic carbocycles. The van der Waals surface area contributed by atoms with Gasteiger partial charge in [-0.2, -0.15) is 0 Å². The molecule has 7 heteroatoms. The molecule has 1 aromatic carbocycles. The lowest BCUT2D eigenvalue weighted by Gasteiger charge is -2.09. The first-order valence-electron chi connectivity index (χ1n) is 6.54. The second kappa shape index (κ2) is 7.37. The first-order chi connectivity index (χ1) is 10.5. The third-order valence-electron chi connectivity index (χ3n) is 2.78. The summed E-state index contributed by atoms with van der Waals surface area (Å²) in [5.41, 5.74) is 5.68. The number of nitrogens with one attached hydrogen (secondary N) is 3. The summed E-state index contributed by atoms with van der Waals surface area (Å²) in [7, 11) is 0. The molecular formula is C15H15N3O3S. The maximum atomic E-state index is 11.6. The molecule has 1 aromatic heterocycles. The van der Waals surface area contributed by atoms with Crippen molar-refractivity contribution in [1.29, 1.82) is 0 Å². The van der Waals surface area contributed by atoms with E-state index in [1.54, 1.807) is 24.3 Å². The van der Waals surface area contributed by atoms with E-state index in [4.69, 9.17) is 0 Å². The van der Waals surface area contributed by atoms with Crippen molar-refractivity contribution in [2.75, 3.05) is 5.32 Å². The molecule has 3 amide bonds. The van der Waals surface area contributed by atoms with Crippen LogP contribution in [0.25, 0.3) is 0 Å². The minimum Gasteiger partial charge on any atom is -0.307 e. The van der Waals surface area contributed by atoms with Gasteiger partial charge in [0.15, 0.2) is 5.78 Å². The summed E-state index contributed by atoms with van der Waals surface area (Å²) in [6, 6.07) is 9.61. The first kappa shape index (κ1) is 15.7. The molecule has 0 spiro atoms. The Balaban J connectivity index is 1.77. The highest BCUT2D eigenvalue weighted by molar-refractivity contribution is 7.10. The number of amides is 3. The third-order valence-corrected chi connectivity index (χ3v) is 3.66. The van der Waals surface area contributed by atoms with Gasteiger partial charge >= 0.3 is 6.03 Å². The molecule has 114 valence electrons. The Kier molecular flexibility index (Phi) is 5.26. The highest BCUT2D eigenvalue weighted by Crippen LogP contribution is 2.10. The molecule has 6 nitrogen and oxygen atoms in total. The summed E-state index contributed by atoms with van der Waals surface area (Å²) in [4.78, 5) is 35.3. The SMILES string of the molecule is CC(=O)c1ccc(NC(=O)NNC(=O)Cc2cccs2)cc1. The van der Waals surface area contributed by atoms with Crippen molar-refractivity contribution in [2.24, 2.45) is 0 Å². The van der Waals surface area contributed by atoms with Gasteiger partial charge in [0, 0.05) is 16.1 Å². The molecule has 1 heterocycles. The van der Waals surface area contributed by atoms with Gasteiger partial charge in [0.2, 0.25) is 5.91 Å². The van der Waals surface area contributed by atoms with Crippen molar-refractivity contribution in [3.8, 4) is 0 Å². The van der Waals surface area contributed by atoms with Gasteiger partial charge in [0.25, 0.3) is 0 Å². The van der Waals surface area contributed by atoms with Gasteiger partial charge in [-0.15, -0.1) is 11.3 Å². The van der Waals surface area contributed by atoms with Crippen LogP contribution in [0, 0.1) is 0 Å². The largest absolute Gasteiger partial charge is 0.337 e. The fraction of sp³-hybridized carbons (Fsp3) is 0.133. The first-order valence-corrected chi connectivity index (χ1v) is 7.42. The molecule has 0 bridgehead atoms. The topological polar surface area (TPSA) is 87.3 Å². The number of thiophene rings is 1. The van der Waals surface area contributed by atoms with E-state index in [9.17, 15) is 14.4 Å². The molecule has 3 N–H and O–H groups in total. The normalized spacial score (nSPS) is 9.86. The number of anilines is 1. The van der Waals surface area contributed by atoms with E-state index >= 15 is 0 Å². The van der Waals surface area contributed by atoms with Crippen molar-refractivity contribution in [3.05, 3.63) is 52.2 Å². The lowest BCUT2D eigenvalue weighted by molar-refractivity contribution is -0.121. The average Bonchev–Trinajstić information content (AvgIpc) is 2.98. The van der Waals surface area contributed by atoms with Crippen LogP contribution < -0.4 is 16.2 Å². The number of Topliss-reactive ketones (excluding diaryl/α,β-unsaturated/α-hetero) is 1. The van der Waals surface area contributed by atoms with E-state index < -0.39 is 6.03 Å². The van der Waals surface area contributed by atoms with Crippen LogP contribution in [0.1, 0.15) is 22.2 Å². The number of ketones is 1. The Morgan fingerprint density at radius 1 is 1.05 bits per heavy atom. The zero-order valence-corrected chi connectivity index (χ0v) is 12.7. The zero-order chi connectivity index (χ0) is 15.9. The maximum absolute atomic E-state index is 11.6. The Morgan fingerprint density at radius 3 is 2.36 bits per heavy atom. The molecule has 0 fully saturated rings. The van der Waals surface area contributed by atoms with Crippen LogP contribution in [0.2, 0.25) is 0 Å². The molecule has 0 atom stereocenters. The summed E-state index contributed by atoms with van der Waals surface area (Å²) >= 11 is 1.48. The fourth-order valence-corrected chi connectivity index (χ4v) is 2.40. The predicted octanol–water partition coefficient (Wildman–Crippen LogP) is 2.35. The predicted molar refractivity (Wildman–Crippen MR) is 84.8 cm³/mol. The number of carbonyl (C=O) groups is 3. The molecule has 0 saturated heterocycles. The van der Waals surface area contributed by atoms with Crippen molar-refractivity contribution in [3.63, 3.8) is 0 Å². The molecular weight excluding hydrogens is 302 g/mol. The molecule has 0 unspecified atom stereocenters. The number of hydrazine groups is 1. The second-order valence-corrected chi connectivity index (χ2v) is 5.55. The molecule has 0 saturated carbocycles. The maximum Gasteiger partial charge on any atom is 0.337 e. The van der Waals surface area contributed by atoms with E-state index in [0.29, 0.717) is 11.3 Å². The lowest BCUT2D eigenvalue weighted by atomic mass is 10.1. The Morgan fingerprint density at radius 2 is 1.77 bits per heavy atom. The number of hydrogen-bond donors (Lipinski definition) is 3. The molecule has 22 heavy (non-hydrogen) atoms. The van der Waals surface area contributed by atoms with Crippen molar-refractivity contribution in [1.82, 2.24) is 10.9 Å². The number of urea groups is 1. The number of rotatable bonds is 4. The minimum atomic E-state index is -0.560. The molecule has 0 aliphatic heterocycles. The van der Waals surface area contributed by atoms with E-state index in [1.807, 2.05) is 17.5 Å². The Bertz CT molecular complexity index is 666. The van der Waals surface area contributed by atoms with Gasteiger partial charge < -0.3 is 5.32 Å². The number of carbonyl (C=O) groups excluding carboxylic acids is 3. The van der Waals surface area contributed by atoms with Crippen molar-refractivity contribution >= 4 is 34.7 Å². The third kappa shape index (κ3) is 4.71. The average molecular weight is 317 g/mol. The van der Waals surface area contributed by atoms with Gasteiger partial charge in [-0.05, 0) is 42.6 Å². The number of benzene rings is 1. The van der Waals surface area contributed by atoms with Gasteiger partial charge in [-0.25, -0.2) is 10.2 Å². The number of hydrogen-bond acceptors (Lipinski definition) is 4. The highest BCUT2D eigenvalue weighted by atomic mass is 32.1. The fourth-order valence-electron chi connectivity index (χ4n) is 1.69. The molecule has 2 aromatic rings. The summed E-state index contributed by atoms with van der Waals surface area (Å²) < 4.78 is 0. The smallest absolute Gasteiger partial charge is 0.307 e. The molecule has 0 aliphatic rings. The van der Waals surface area contributed by atoms with Crippen LogP contribution >= 0.6 is 11.3 Å². The van der Waals surface area contributed by atoms with E-state index in [2.05, 4.69) is 16.2 Å². The quantitative estimate of drug-likeness (QED) is 0.597. The molecule has 0 radical (unpaired) electrons. The van der Waals surface area contributed by atoms with Crippen LogP contribution in [0.5, 0.6) is 0 Å². The summed E-state index contributed by atoms with van der Waals surface area (Å²) in [5.74, 6) is -0.346. The van der Waals surface area contributed by atoms with Crippen molar-refractivity contribution < 1.29 is 14.4 Å². The van der Waals surface area contributed by atoms with Gasteiger partial charge in [-0.1, -0.05) is 6.07 Å². The standard InChI is InChI=1S/C15H15N3O3S/c1-10(19)11-4-6-12(7-5-11)16-15(21)18-17-14(20)9-13-3-2-8-22-13/h2-8H,9H2,1H3,(H,17,20)(H2,16,18,21). The van der Waals surface area contributed by atoms with Crippen LogP contribution in [0.4, 0.5) is 10.5 Å². The van der Waals surface area contributed by atoms with E-state index in [0.717, 1.165) is 4.88 Å². The van der Waals surface area contributed by atoms with Crippen molar-refractivity contribution in [2.45, 2.75) is 13.3 Å². The Hall–Kier alpha value is -2.67. The van der Waals surface area contributed by atoms with Crippen LogP contribution in [0.3, 0.4) is 0 Å². The van der Waals surface area contributed by atoms with E-state index in [-0.39, 0.29) is 18.1 Å². The van der Waals surface area contributed by atoms with Crippen LogP contribution in [0.15, 0.2) is 41.8 Å². The summed E-state index contributed by atoms with van der Waals surface area (Å²) in [6.45, 7) is 1.47. The monoisotopic (exact) mass is 317 g/mol. The van der Waals surface area contributed by atoms with Crippen LogP contribution in [-0.4, -0.2) is 17.7 Å². The lowest BCUT2D eigenvalue weighted by Crippen LogP contribution is -2.44. The highest BCUT2D eigenvalue weighted by Gasteiger charge is 2.07. The summed E-state index contributed by atoms with van der Waals surface area (Å²) in [6.07, 6.45) is 0.214.